The highest BCUT2D eigenvalue weighted by atomic mass is 35.5. The highest BCUT2D eigenvalue weighted by Crippen LogP contribution is 2.39. The summed E-state index contributed by atoms with van der Waals surface area (Å²) in [5.74, 6) is 0. The minimum atomic E-state index is -0.498. The van der Waals surface area contributed by atoms with Gasteiger partial charge in [-0.25, -0.2) is 0 Å². The predicted octanol–water partition coefficient (Wildman–Crippen LogP) is 6.01. The number of benzene rings is 2. The van der Waals surface area contributed by atoms with Gasteiger partial charge < -0.3 is 0 Å². The van der Waals surface area contributed by atoms with E-state index >= 15 is 0 Å². The van der Waals surface area contributed by atoms with Crippen molar-refractivity contribution in [3.05, 3.63) is 46.8 Å². The normalized spacial score (nSPS) is 17.1. The highest BCUT2D eigenvalue weighted by molar-refractivity contribution is 7.25. The van der Waals surface area contributed by atoms with Crippen LogP contribution in [0.25, 0.3) is 20.2 Å². The molecule has 0 N–H and O–H groups in total. The first-order valence-corrected chi connectivity index (χ1v) is 6.79. The molecule has 0 spiro atoms. The third-order valence-corrected chi connectivity index (χ3v) is 4.08. The largest absolute Gasteiger partial charge is 0.135 e. The predicted molar refractivity (Wildman–Crippen MR) is 83.0 cm³/mol. The van der Waals surface area contributed by atoms with E-state index in [0.29, 0.717) is 25.7 Å². The van der Waals surface area contributed by atoms with Gasteiger partial charge in [-0.05, 0) is 35.1 Å². The first kappa shape index (κ1) is 6.93. The third kappa shape index (κ3) is 1.82. The van der Waals surface area contributed by atoms with Crippen LogP contribution in [0.4, 0.5) is 0 Å². The van der Waals surface area contributed by atoms with Crippen LogP contribution in [0.15, 0.2) is 36.3 Å². The van der Waals surface area contributed by atoms with Gasteiger partial charge in [-0.1, -0.05) is 44.5 Å². The summed E-state index contributed by atoms with van der Waals surface area (Å²) in [5, 5.41) is 0.822. The molecule has 1 heterocycles. The quantitative estimate of drug-likeness (QED) is 0.473. The molecular formula is C16H15ClS. The molecule has 0 nitrogen and oxygen atoms in total. The Hall–Kier alpha value is -1.05. The monoisotopic (exact) mass is 280 g/mol. The molecule has 3 rings (SSSR count). The van der Waals surface area contributed by atoms with E-state index in [0.717, 1.165) is 11.3 Å². The van der Waals surface area contributed by atoms with Gasteiger partial charge in [0.2, 0.25) is 0 Å². The topological polar surface area (TPSA) is 0 Å². The molecular weight excluding hydrogens is 260 g/mol. The zero-order chi connectivity index (χ0) is 18.1. The molecule has 0 fully saturated rings. The third-order valence-electron chi connectivity index (χ3n) is 2.78. The molecule has 0 saturated heterocycles. The molecule has 0 unspecified atom stereocenters. The number of rotatable bonds is 0. The van der Waals surface area contributed by atoms with Crippen LogP contribution in [0.1, 0.15) is 34.6 Å². The zero-order valence-corrected chi connectivity index (χ0v) is 11.9. The van der Waals surface area contributed by atoms with E-state index in [9.17, 15) is 0 Å². The summed E-state index contributed by atoms with van der Waals surface area (Å²) in [7, 11) is 0. The fourth-order valence-electron chi connectivity index (χ4n) is 1.79. The lowest BCUT2D eigenvalue weighted by Gasteiger charge is -2.18. The summed E-state index contributed by atoms with van der Waals surface area (Å²) in [6.07, 6.45) is 0. The average molecular weight is 281 g/mol. The van der Waals surface area contributed by atoms with Gasteiger partial charge in [0, 0.05) is 25.2 Å². The highest BCUT2D eigenvalue weighted by Gasteiger charge is 2.16. The Morgan fingerprint density at radius 1 is 1.11 bits per heavy atom. The maximum Gasteiger partial charge on any atom is 0.0639 e. The number of hydrogen-bond acceptors (Lipinski definition) is 1. The Morgan fingerprint density at radius 3 is 2.61 bits per heavy atom. The minimum Gasteiger partial charge on any atom is -0.135 e. The lowest BCUT2D eigenvalue weighted by Crippen LogP contribution is -2.10. The van der Waals surface area contributed by atoms with Gasteiger partial charge in [-0.2, -0.15) is 0 Å². The van der Waals surface area contributed by atoms with Crippen molar-refractivity contribution >= 4 is 43.1 Å². The van der Waals surface area contributed by atoms with E-state index in [4.69, 9.17) is 19.8 Å². The van der Waals surface area contributed by atoms with Gasteiger partial charge >= 0.3 is 0 Å². The SMILES string of the molecule is [2H]c1c(C(C)(C)C)c([2H])c2c(sc3c([2H])c([2H])c([2H])c(Cl)c32)c1[2H]. The molecule has 0 saturated carbocycles. The van der Waals surface area contributed by atoms with Crippen LogP contribution in [0.3, 0.4) is 0 Å². The Morgan fingerprint density at radius 2 is 1.89 bits per heavy atom. The molecule has 0 aliphatic carbocycles. The number of hydrogen-bond donors (Lipinski definition) is 0. The summed E-state index contributed by atoms with van der Waals surface area (Å²) >= 11 is 7.38. The molecule has 1 aromatic heterocycles. The first-order chi connectivity index (χ1) is 11.0. The molecule has 2 aromatic carbocycles. The molecule has 0 radical (unpaired) electrons. The van der Waals surface area contributed by atoms with E-state index < -0.39 is 5.41 Å². The Kier molecular flexibility index (Phi) is 1.53. The van der Waals surface area contributed by atoms with Crippen molar-refractivity contribution in [2.45, 2.75) is 26.2 Å². The summed E-state index contributed by atoms with van der Waals surface area (Å²) in [5.41, 5.74) is -0.0502. The summed E-state index contributed by atoms with van der Waals surface area (Å²) in [4.78, 5) is 0. The van der Waals surface area contributed by atoms with Crippen LogP contribution in [-0.4, -0.2) is 0 Å². The molecule has 3 aromatic rings. The van der Waals surface area contributed by atoms with Crippen LogP contribution in [0.5, 0.6) is 0 Å². The smallest absolute Gasteiger partial charge is 0.0639 e. The van der Waals surface area contributed by atoms with E-state index in [1.165, 1.54) is 0 Å². The standard InChI is InChI=1S/C16H15ClS/c1-16(2,3)10-7-8-13-11(9-10)15-12(17)5-4-6-14(15)18-13/h4-9H,1-3H3/i4D,5D,6D,7D,8D,9D. The van der Waals surface area contributed by atoms with Gasteiger partial charge in [0.25, 0.3) is 0 Å². The van der Waals surface area contributed by atoms with Crippen molar-refractivity contribution < 1.29 is 8.22 Å². The Labute approximate surface area is 125 Å². The second-order valence-corrected chi connectivity index (χ2v) is 6.60. The zero-order valence-electron chi connectivity index (χ0n) is 16.3. The minimum absolute atomic E-state index is 0.000605. The molecule has 0 atom stereocenters. The van der Waals surface area contributed by atoms with E-state index in [2.05, 4.69) is 0 Å². The van der Waals surface area contributed by atoms with Gasteiger partial charge in [0.1, 0.15) is 0 Å². The fraction of sp³-hybridized carbons (Fsp3) is 0.250. The summed E-state index contributed by atoms with van der Waals surface area (Å²) in [6.45, 7) is 5.65. The van der Waals surface area contributed by atoms with Crippen molar-refractivity contribution in [2.75, 3.05) is 0 Å². The van der Waals surface area contributed by atoms with E-state index in [1.807, 2.05) is 20.8 Å². The molecule has 0 aliphatic rings. The maximum atomic E-state index is 8.60. The molecule has 0 bridgehead atoms. The lowest BCUT2D eigenvalue weighted by molar-refractivity contribution is 0.591. The fourth-order valence-corrected chi connectivity index (χ4v) is 3.05. The second-order valence-electron chi connectivity index (χ2n) is 5.20. The van der Waals surface area contributed by atoms with Crippen molar-refractivity contribution in [3.8, 4) is 0 Å². The van der Waals surface area contributed by atoms with Gasteiger partial charge in [0.05, 0.1) is 8.22 Å². The Bertz CT molecular complexity index is 1020. The van der Waals surface area contributed by atoms with Crippen molar-refractivity contribution in [3.63, 3.8) is 0 Å². The lowest BCUT2D eigenvalue weighted by atomic mass is 9.86. The van der Waals surface area contributed by atoms with Crippen molar-refractivity contribution in [1.29, 1.82) is 0 Å². The second kappa shape index (κ2) is 3.97. The van der Waals surface area contributed by atoms with Crippen LogP contribution < -0.4 is 0 Å². The van der Waals surface area contributed by atoms with E-state index in [-0.39, 0.29) is 41.3 Å². The molecule has 0 amide bonds. The van der Waals surface area contributed by atoms with Gasteiger partial charge in [-0.3, -0.25) is 0 Å². The first-order valence-electron chi connectivity index (χ1n) is 8.60. The maximum absolute atomic E-state index is 8.60. The molecule has 92 valence electrons. The summed E-state index contributed by atoms with van der Waals surface area (Å²) < 4.78 is 49.9. The van der Waals surface area contributed by atoms with Crippen LogP contribution in [0.2, 0.25) is 5.02 Å². The van der Waals surface area contributed by atoms with Gasteiger partial charge in [-0.15, -0.1) is 11.3 Å². The Balaban J connectivity index is 2.70. The van der Waals surface area contributed by atoms with E-state index in [1.54, 1.807) is 0 Å². The molecule has 18 heavy (non-hydrogen) atoms. The number of halogens is 1. The molecule has 0 aliphatic heterocycles. The van der Waals surface area contributed by atoms with Crippen LogP contribution in [-0.2, 0) is 5.41 Å². The molecule has 2 heteroatoms. The van der Waals surface area contributed by atoms with Crippen molar-refractivity contribution in [1.82, 2.24) is 0 Å². The summed E-state index contributed by atoms with van der Waals surface area (Å²) in [6, 6.07) is -0.509. The van der Waals surface area contributed by atoms with Crippen LogP contribution >= 0.6 is 22.9 Å². The number of thiophene rings is 1. The average Bonchev–Trinajstić information content (AvgIpc) is 2.88. The van der Waals surface area contributed by atoms with Crippen LogP contribution in [0, 0.1) is 0 Å². The van der Waals surface area contributed by atoms with Crippen molar-refractivity contribution in [2.24, 2.45) is 0 Å². The van der Waals surface area contributed by atoms with Gasteiger partial charge in [0.15, 0.2) is 0 Å². The number of fused-ring (bicyclic) bond motifs is 3.